The summed E-state index contributed by atoms with van der Waals surface area (Å²) in [5.74, 6) is -0.797. The molecule has 1 aromatic heterocycles. The molecule has 1 heterocycles. The summed E-state index contributed by atoms with van der Waals surface area (Å²) in [6, 6.07) is 6.05. The van der Waals surface area contributed by atoms with E-state index in [4.69, 9.17) is 28.5 Å². The topological polar surface area (TPSA) is 69.5 Å². The van der Waals surface area contributed by atoms with Gasteiger partial charge in [0.2, 0.25) is 0 Å². The molecule has 1 amide bonds. The van der Waals surface area contributed by atoms with Crippen LogP contribution < -0.4 is 10.6 Å². The molecular formula is C15H13Cl2FN3OS+. The lowest BCUT2D eigenvalue weighted by molar-refractivity contribution is -0.682. The lowest BCUT2D eigenvalue weighted by atomic mass is 10.1. The van der Waals surface area contributed by atoms with Gasteiger partial charge in [-0.15, -0.1) is 11.3 Å². The minimum absolute atomic E-state index is 0.0366. The van der Waals surface area contributed by atoms with Gasteiger partial charge in [-0.05, 0) is 30.5 Å². The van der Waals surface area contributed by atoms with Gasteiger partial charge in [-0.3, -0.25) is 4.79 Å². The number of rotatable bonds is 5. The highest BCUT2D eigenvalue weighted by atomic mass is 35.5. The third kappa shape index (κ3) is 4.43. The number of carbonyl (C=O) groups is 1. The van der Waals surface area contributed by atoms with Gasteiger partial charge >= 0.3 is 0 Å². The summed E-state index contributed by atoms with van der Waals surface area (Å²) in [5.41, 5.74) is 0.995. The lowest BCUT2D eigenvalue weighted by Crippen LogP contribution is -2.86. The van der Waals surface area contributed by atoms with Gasteiger partial charge in [-0.25, -0.2) is 4.39 Å². The van der Waals surface area contributed by atoms with Crippen LogP contribution in [0.5, 0.6) is 0 Å². The molecule has 23 heavy (non-hydrogen) atoms. The maximum Gasteiger partial charge on any atom is 0.280 e. The van der Waals surface area contributed by atoms with Crippen molar-refractivity contribution in [3.8, 4) is 6.07 Å². The Kier molecular flexibility index (Phi) is 5.97. The van der Waals surface area contributed by atoms with Crippen molar-refractivity contribution in [3.63, 3.8) is 0 Å². The summed E-state index contributed by atoms with van der Waals surface area (Å²) in [6.07, 6.45) is 0. The van der Waals surface area contributed by atoms with Crippen LogP contribution in [0, 0.1) is 17.1 Å². The Balaban J connectivity index is 1.97. The Hall–Kier alpha value is -1.65. The lowest BCUT2D eigenvalue weighted by Gasteiger charge is -2.13. The first-order valence-electron chi connectivity index (χ1n) is 6.67. The quantitative estimate of drug-likeness (QED) is 0.790. The molecule has 0 spiro atoms. The van der Waals surface area contributed by atoms with Crippen LogP contribution in [-0.4, -0.2) is 12.5 Å². The van der Waals surface area contributed by atoms with E-state index < -0.39 is 5.82 Å². The standard InChI is InChI=1S/C15H12Cl2FN3OS/c1-8(10-4-13(18)12(17)5-11(10)16)20-7-14(22)21-15-9(6-19)2-3-23-15/h2-5,8,20H,7H2,1H3,(H,21,22)/p+1/t8-/m1/s1. The Morgan fingerprint density at radius 1 is 1.48 bits per heavy atom. The largest absolute Gasteiger partial charge is 0.332 e. The van der Waals surface area contributed by atoms with Gasteiger partial charge in [0.15, 0.2) is 6.54 Å². The van der Waals surface area contributed by atoms with E-state index in [1.165, 1.54) is 23.5 Å². The number of nitriles is 1. The molecular weight excluding hydrogens is 360 g/mol. The maximum atomic E-state index is 13.5. The zero-order chi connectivity index (χ0) is 17.0. The smallest absolute Gasteiger partial charge is 0.280 e. The second-order valence-electron chi connectivity index (χ2n) is 4.84. The number of nitrogens with one attached hydrogen (secondary N) is 1. The van der Waals surface area contributed by atoms with Gasteiger partial charge in [0, 0.05) is 5.56 Å². The summed E-state index contributed by atoms with van der Waals surface area (Å²) in [7, 11) is 0. The number of nitrogens with two attached hydrogens (primary N) is 1. The average molecular weight is 373 g/mol. The van der Waals surface area contributed by atoms with E-state index >= 15 is 0 Å². The average Bonchev–Trinajstić information content (AvgIpc) is 2.95. The van der Waals surface area contributed by atoms with Crippen LogP contribution >= 0.6 is 34.5 Å². The van der Waals surface area contributed by atoms with Crippen molar-refractivity contribution < 1.29 is 14.5 Å². The van der Waals surface area contributed by atoms with E-state index in [0.717, 1.165) is 0 Å². The molecule has 0 bridgehead atoms. The molecule has 120 valence electrons. The molecule has 0 fully saturated rings. The molecule has 8 heteroatoms. The predicted octanol–water partition coefficient (Wildman–Crippen LogP) is 3.33. The summed E-state index contributed by atoms with van der Waals surface area (Å²) >= 11 is 13.0. The van der Waals surface area contributed by atoms with Crippen LogP contribution in [0.4, 0.5) is 9.39 Å². The fraction of sp³-hybridized carbons (Fsp3) is 0.200. The van der Waals surface area contributed by atoms with Gasteiger partial charge in [-0.1, -0.05) is 23.2 Å². The van der Waals surface area contributed by atoms with Crippen LogP contribution in [-0.2, 0) is 4.79 Å². The van der Waals surface area contributed by atoms with E-state index in [9.17, 15) is 9.18 Å². The van der Waals surface area contributed by atoms with Crippen LogP contribution in [0.1, 0.15) is 24.1 Å². The zero-order valence-corrected chi connectivity index (χ0v) is 14.4. The van der Waals surface area contributed by atoms with Gasteiger partial charge in [0.05, 0.1) is 15.6 Å². The number of hydrogen-bond acceptors (Lipinski definition) is 3. The molecule has 0 radical (unpaired) electrons. The van der Waals surface area contributed by atoms with Gasteiger partial charge in [0.1, 0.15) is 22.9 Å². The Morgan fingerprint density at radius 2 is 2.22 bits per heavy atom. The van der Waals surface area contributed by atoms with E-state index in [2.05, 4.69) is 5.32 Å². The summed E-state index contributed by atoms with van der Waals surface area (Å²) < 4.78 is 13.5. The van der Waals surface area contributed by atoms with Crippen LogP contribution in [0.3, 0.4) is 0 Å². The highest BCUT2D eigenvalue weighted by Gasteiger charge is 2.18. The summed E-state index contributed by atoms with van der Waals surface area (Å²) in [6.45, 7) is 1.93. The number of amides is 1. The number of quaternary nitrogens is 1. The molecule has 3 N–H and O–H groups in total. The Labute approximate surface area is 146 Å². The van der Waals surface area contributed by atoms with Crippen molar-refractivity contribution in [2.24, 2.45) is 0 Å². The third-order valence-electron chi connectivity index (χ3n) is 3.23. The second-order valence-corrected chi connectivity index (χ2v) is 6.57. The molecule has 0 saturated carbocycles. The summed E-state index contributed by atoms with van der Waals surface area (Å²) in [4.78, 5) is 11.9. The van der Waals surface area contributed by atoms with Crippen molar-refractivity contribution in [2.75, 3.05) is 11.9 Å². The molecule has 1 aromatic carbocycles. The zero-order valence-electron chi connectivity index (χ0n) is 12.1. The first-order chi connectivity index (χ1) is 10.9. The predicted molar refractivity (Wildman–Crippen MR) is 89.3 cm³/mol. The number of anilines is 1. The van der Waals surface area contributed by atoms with Crippen molar-refractivity contribution in [1.82, 2.24) is 0 Å². The molecule has 4 nitrogen and oxygen atoms in total. The third-order valence-corrected chi connectivity index (χ3v) is 4.67. The molecule has 0 aliphatic heterocycles. The second kappa shape index (κ2) is 7.75. The number of carbonyl (C=O) groups excluding carboxylic acids is 1. The van der Waals surface area contributed by atoms with Gasteiger partial charge < -0.3 is 10.6 Å². The highest BCUT2D eigenvalue weighted by Crippen LogP contribution is 2.27. The number of halogens is 3. The molecule has 0 saturated heterocycles. The first kappa shape index (κ1) is 17.7. The van der Waals surface area contributed by atoms with Crippen LogP contribution in [0.2, 0.25) is 10.0 Å². The number of benzene rings is 1. The Bertz CT molecular complexity index is 773. The van der Waals surface area contributed by atoms with Crippen LogP contribution in [0.25, 0.3) is 0 Å². The van der Waals surface area contributed by atoms with E-state index in [1.54, 1.807) is 16.8 Å². The fourth-order valence-electron chi connectivity index (χ4n) is 1.97. The van der Waals surface area contributed by atoms with Gasteiger partial charge in [0.25, 0.3) is 5.91 Å². The molecule has 2 rings (SSSR count). The Morgan fingerprint density at radius 3 is 2.91 bits per heavy atom. The normalized spacial score (nSPS) is 11.8. The van der Waals surface area contributed by atoms with Crippen molar-refractivity contribution in [2.45, 2.75) is 13.0 Å². The number of hydrogen-bond donors (Lipinski definition) is 2. The first-order valence-corrected chi connectivity index (χ1v) is 8.31. The summed E-state index contributed by atoms with van der Waals surface area (Å²) in [5, 5.41) is 15.9. The van der Waals surface area contributed by atoms with E-state index in [1.807, 2.05) is 13.0 Å². The fourth-order valence-corrected chi connectivity index (χ4v) is 3.28. The maximum absolute atomic E-state index is 13.5. The SMILES string of the molecule is C[C@@H]([NH2+]CC(=O)Nc1sccc1C#N)c1cc(F)c(Cl)cc1Cl. The minimum Gasteiger partial charge on any atom is -0.332 e. The van der Waals surface area contributed by atoms with Gasteiger partial charge in [-0.2, -0.15) is 5.26 Å². The van der Waals surface area contributed by atoms with Crippen molar-refractivity contribution in [1.29, 1.82) is 5.26 Å². The molecule has 1 atom stereocenters. The monoisotopic (exact) mass is 372 g/mol. The van der Waals surface area contributed by atoms with E-state index in [0.29, 0.717) is 21.2 Å². The highest BCUT2D eigenvalue weighted by molar-refractivity contribution is 7.14. The van der Waals surface area contributed by atoms with E-state index in [-0.39, 0.29) is 23.5 Å². The number of nitrogens with zero attached hydrogens (tertiary/aromatic N) is 1. The molecule has 2 aromatic rings. The van der Waals surface area contributed by atoms with Crippen molar-refractivity contribution in [3.05, 3.63) is 50.6 Å². The van der Waals surface area contributed by atoms with Crippen molar-refractivity contribution >= 4 is 45.4 Å². The number of thiophene rings is 1. The molecule has 0 aliphatic rings. The van der Waals surface area contributed by atoms with Crippen LogP contribution in [0.15, 0.2) is 23.6 Å². The molecule has 0 aliphatic carbocycles. The minimum atomic E-state index is -0.548. The molecule has 0 unspecified atom stereocenters.